The van der Waals surface area contributed by atoms with Gasteiger partial charge in [0.25, 0.3) is 0 Å². The zero-order valence-corrected chi connectivity index (χ0v) is 13.7. The van der Waals surface area contributed by atoms with Crippen LogP contribution in [0.3, 0.4) is 0 Å². The van der Waals surface area contributed by atoms with Gasteiger partial charge in [-0.25, -0.2) is 19.9 Å². The monoisotopic (exact) mass is 353 g/mol. The number of rotatable bonds is 4. The van der Waals surface area contributed by atoms with Gasteiger partial charge in [0.05, 0.1) is 0 Å². The lowest BCUT2D eigenvalue weighted by atomic mass is 10.1. The smallest absolute Gasteiger partial charge is 0.433 e. The first kappa shape index (κ1) is 17.4. The average molecular weight is 353 g/mol. The fourth-order valence-electron chi connectivity index (χ4n) is 2.57. The lowest BCUT2D eigenvalue weighted by Gasteiger charge is -2.31. The van der Waals surface area contributed by atoms with E-state index < -0.39 is 11.9 Å². The van der Waals surface area contributed by atoms with Gasteiger partial charge >= 0.3 is 12.2 Å². The second kappa shape index (κ2) is 7.20. The third kappa shape index (κ3) is 4.34. The van der Waals surface area contributed by atoms with Crippen LogP contribution in [-0.4, -0.2) is 39.1 Å². The van der Waals surface area contributed by atoms with E-state index in [1.807, 2.05) is 6.92 Å². The summed E-state index contributed by atoms with van der Waals surface area (Å²) in [6, 6.07) is 1.20. The molecule has 0 spiro atoms. The number of halogens is 3. The Labute approximate surface area is 143 Å². The van der Waals surface area contributed by atoms with E-state index in [1.165, 1.54) is 0 Å². The topological polar surface area (TPSA) is 64.0 Å². The molecule has 0 aliphatic carbocycles. The van der Waals surface area contributed by atoms with Crippen LogP contribution in [0.5, 0.6) is 6.01 Å². The highest BCUT2D eigenvalue weighted by Crippen LogP contribution is 2.28. The standard InChI is InChI=1S/C16H18F3N5O/c1-2-11-9-21-15(22-10-11)25-12-4-7-24(8-5-12)14-20-6-3-13(23-14)16(17,18)19/h3,6,9-10,12H,2,4-5,7-8H2,1H3. The lowest BCUT2D eigenvalue weighted by Crippen LogP contribution is -2.39. The van der Waals surface area contributed by atoms with Crippen LogP contribution in [0.25, 0.3) is 0 Å². The van der Waals surface area contributed by atoms with Gasteiger partial charge in [-0.15, -0.1) is 0 Å². The van der Waals surface area contributed by atoms with Gasteiger partial charge in [-0.05, 0) is 18.1 Å². The zero-order valence-electron chi connectivity index (χ0n) is 13.7. The number of hydrogen-bond donors (Lipinski definition) is 0. The first-order valence-corrected chi connectivity index (χ1v) is 8.08. The molecule has 1 aliphatic heterocycles. The molecule has 1 saturated heterocycles. The fraction of sp³-hybridized carbons (Fsp3) is 0.500. The van der Waals surface area contributed by atoms with Gasteiger partial charge in [0, 0.05) is 44.5 Å². The Bertz CT molecular complexity index is 700. The molecule has 3 rings (SSSR count). The molecule has 134 valence electrons. The van der Waals surface area contributed by atoms with E-state index in [2.05, 4.69) is 19.9 Å². The summed E-state index contributed by atoms with van der Waals surface area (Å²) in [5, 5.41) is 0. The average Bonchev–Trinajstić information content (AvgIpc) is 2.62. The summed E-state index contributed by atoms with van der Waals surface area (Å²) in [4.78, 5) is 17.6. The molecule has 1 aliphatic rings. The highest BCUT2D eigenvalue weighted by atomic mass is 19.4. The van der Waals surface area contributed by atoms with Crippen LogP contribution < -0.4 is 9.64 Å². The largest absolute Gasteiger partial charge is 0.460 e. The Hall–Kier alpha value is -2.45. The third-order valence-electron chi connectivity index (χ3n) is 4.02. The summed E-state index contributed by atoms with van der Waals surface area (Å²) in [6.45, 7) is 3.04. The summed E-state index contributed by atoms with van der Waals surface area (Å²) in [7, 11) is 0. The molecular weight excluding hydrogens is 335 g/mol. The molecule has 0 aromatic carbocycles. The van der Waals surface area contributed by atoms with E-state index in [0.29, 0.717) is 31.9 Å². The van der Waals surface area contributed by atoms with Gasteiger partial charge < -0.3 is 9.64 Å². The van der Waals surface area contributed by atoms with E-state index in [0.717, 1.165) is 24.2 Å². The molecule has 6 nitrogen and oxygen atoms in total. The summed E-state index contributed by atoms with van der Waals surface area (Å²) in [5.41, 5.74) is 0.101. The van der Waals surface area contributed by atoms with Crippen molar-refractivity contribution >= 4 is 5.95 Å². The Morgan fingerprint density at radius 1 is 1.16 bits per heavy atom. The zero-order chi connectivity index (χ0) is 17.9. The minimum Gasteiger partial charge on any atom is -0.460 e. The Morgan fingerprint density at radius 2 is 1.84 bits per heavy atom. The Kier molecular flexibility index (Phi) is 5.00. The second-order valence-electron chi connectivity index (χ2n) is 5.77. The van der Waals surface area contributed by atoms with Crippen molar-refractivity contribution in [1.29, 1.82) is 0 Å². The SMILES string of the molecule is CCc1cnc(OC2CCN(c3nccc(C(F)(F)F)n3)CC2)nc1. The molecule has 0 bridgehead atoms. The molecule has 0 amide bonds. The van der Waals surface area contributed by atoms with E-state index in [-0.39, 0.29) is 12.1 Å². The van der Waals surface area contributed by atoms with Crippen molar-refractivity contribution in [1.82, 2.24) is 19.9 Å². The predicted molar refractivity (Wildman–Crippen MR) is 84.3 cm³/mol. The lowest BCUT2D eigenvalue weighted by molar-refractivity contribution is -0.141. The minimum atomic E-state index is -4.47. The number of piperidine rings is 1. The van der Waals surface area contributed by atoms with Gasteiger partial charge in [0.15, 0.2) is 0 Å². The van der Waals surface area contributed by atoms with E-state index in [1.54, 1.807) is 17.3 Å². The van der Waals surface area contributed by atoms with Gasteiger partial charge in [0.2, 0.25) is 5.95 Å². The molecular formula is C16H18F3N5O. The Morgan fingerprint density at radius 3 is 2.44 bits per heavy atom. The molecule has 0 radical (unpaired) electrons. The quantitative estimate of drug-likeness (QED) is 0.842. The number of nitrogens with zero attached hydrogens (tertiary/aromatic N) is 5. The first-order valence-electron chi connectivity index (χ1n) is 8.08. The van der Waals surface area contributed by atoms with Gasteiger partial charge in [-0.3, -0.25) is 0 Å². The van der Waals surface area contributed by atoms with Crippen molar-refractivity contribution in [3.63, 3.8) is 0 Å². The summed E-state index contributed by atoms with van der Waals surface area (Å²) >= 11 is 0. The third-order valence-corrected chi connectivity index (χ3v) is 4.02. The van der Waals surface area contributed by atoms with Crippen molar-refractivity contribution in [3.8, 4) is 6.01 Å². The van der Waals surface area contributed by atoms with Crippen LogP contribution in [-0.2, 0) is 12.6 Å². The van der Waals surface area contributed by atoms with Crippen molar-refractivity contribution < 1.29 is 17.9 Å². The maximum atomic E-state index is 12.8. The number of aryl methyl sites for hydroxylation is 1. The molecule has 0 N–H and O–H groups in total. The fourth-order valence-corrected chi connectivity index (χ4v) is 2.57. The normalized spacial score (nSPS) is 16.1. The maximum absolute atomic E-state index is 12.8. The summed E-state index contributed by atoms with van der Waals surface area (Å²) < 4.78 is 44.0. The predicted octanol–water partition coefficient (Wildman–Crippen LogP) is 2.90. The number of alkyl halides is 3. The van der Waals surface area contributed by atoms with Crippen LogP contribution in [0.4, 0.5) is 19.1 Å². The number of hydrogen-bond acceptors (Lipinski definition) is 6. The first-order chi connectivity index (χ1) is 12.0. The summed E-state index contributed by atoms with van der Waals surface area (Å²) in [5.74, 6) is 0.0943. The van der Waals surface area contributed by atoms with Crippen LogP contribution >= 0.6 is 0 Å². The van der Waals surface area contributed by atoms with Crippen molar-refractivity contribution in [3.05, 3.63) is 35.9 Å². The highest BCUT2D eigenvalue weighted by molar-refractivity contribution is 5.31. The van der Waals surface area contributed by atoms with E-state index >= 15 is 0 Å². The van der Waals surface area contributed by atoms with E-state index in [4.69, 9.17) is 4.74 Å². The molecule has 9 heteroatoms. The highest BCUT2D eigenvalue weighted by Gasteiger charge is 2.33. The van der Waals surface area contributed by atoms with Gasteiger partial charge in [-0.2, -0.15) is 13.2 Å². The van der Waals surface area contributed by atoms with Gasteiger partial charge in [0.1, 0.15) is 11.8 Å². The van der Waals surface area contributed by atoms with Crippen molar-refractivity contribution in [2.45, 2.75) is 38.5 Å². The Balaban J connectivity index is 1.58. The molecule has 2 aromatic rings. The molecule has 25 heavy (non-hydrogen) atoms. The number of anilines is 1. The van der Waals surface area contributed by atoms with Crippen LogP contribution in [0.1, 0.15) is 31.0 Å². The van der Waals surface area contributed by atoms with Crippen molar-refractivity contribution in [2.75, 3.05) is 18.0 Å². The molecule has 0 unspecified atom stereocenters. The van der Waals surface area contributed by atoms with Gasteiger partial charge in [-0.1, -0.05) is 6.92 Å². The molecule has 1 fully saturated rings. The van der Waals surface area contributed by atoms with Crippen LogP contribution in [0, 0.1) is 0 Å². The summed E-state index contributed by atoms with van der Waals surface area (Å²) in [6.07, 6.45) is 2.18. The van der Waals surface area contributed by atoms with Crippen LogP contribution in [0.2, 0.25) is 0 Å². The maximum Gasteiger partial charge on any atom is 0.433 e. The minimum absolute atomic E-state index is 0.0745. The molecule has 0 saturated carbocycles. The van der Waals surface area contributed by atoms with E-state index in [9.17, 15) is 13.2 Å². The number of aromatic nitrogens is 4. The van der Waals surface area contributed by atoms with Crippen molar-refractivity contribution in [2.24, 2.45) is 0 Å². The molecule has 0 atom stereocenters. The molecule has 2 aromatic heterocycles. The number of ether oxygens (including phenoxy) is 1. The second-order valence-corrected chi connectivity index (χ2v) is 5.77. The molecule has 3 heterocycles. The van der Waals surface area contributed by atoms with Crippen LogP contribution in [0.15, 0.2) is 24.7 Å².